The molecule has 1 spiro atoms. The summed E-state index contributed by atoms with van der Waals surface area (Å²) in [5.41, 5.74) is 0.803. The van der Waals surface area contributed by atoms with Crippen LogP contribution in [-0.4, -0.2) is 36.1 Å². The highest BCUT2D eigenvalue weighted by Crippen LogP contribution is 2.50. The zero-order valence-electron chi connectivity index (χ0n) is 13.1. The largest absolute Gasteiger partial charge is 0.313 e. The lowest BCUT2D eigenvalue weighted by atomic mass is 9.71. The van der Waals surface area contributed by atoms with Crippen LogP contribution >= 0.6 is 0 Å². The smallest absolute Gasteiger partial charge is 0.0195 e. The minimum atomic E-state index is 0.803. The van der Waals surface area contributed by atoms with Crippen LogP contribution in [-0.2, 0) is 0 Å². The van der Waals surface area contributed by atoms with Gasteiger partial charge in [-0.25, -0.2) is 0 Å². The summed E-state index contributed by atoms with van der Waals surface area (Å²) >= 11 is 0. The monoisotopic (exact) mass is 276 g/mol. The second kappa shape index (κ2) is 5.61. The van der Waals surface area contributed by atoms with E-state index in [-0.39, 0.29) is 0 Å². The van der Waals surface area contributed by atoms with Crippen molar-refractivity contribution in [2.24, 2.45) is 5.41 Å². The summed E-state index contributed by atoms with van der Waals surface area (Å²) in [4.78, 5) is 2.94. The van der Waals surface area contributed by atoms with Crippen LogP contribution in [0.2, 0.25) is 0 Å². The fourth-order valence-corrected chi connectivity index (χ4v) is 5.34. The zero-order chi connectivity index (χ0) is 13.4. The Balaban J connectivity index is 1.35. The predicted octanol–water partition coefficient (Wildman–Crippen LogP) is 3.71. The molecule has 0 amide bonds. The summed E-state index contributed by atoms with van der Waals surface area (Å²) in [6.45, 7) is 2.61. The third-order valence-electron chi connectivity index (χ3n) is 6.76. The van der Waals surface area contributed by atoms with E-state index in [1.807, 2.05) is 0 Å². The van der Waals surface area contributed by atoms with Gasteiger partial charge >= 0.3 is 0 Å². The van der Waals surface area contributed by atoms with Crippen molar-refractivity contribution < 1.29 is 0 Å². The Morgan fingerprint density at radius 2 is 1.50 bits per heavy atom. The molecule has 114 valence electrons. The van der Waals surface area contributed by atoms with Gasteiger partial charge < -0.3 is 5.32 Å². The van der Waals surface area contributed by atoms with E-state index in [4.69, 9.17) is 0 Å². The van der Waals surface area contributed by atoms with Crippen molar-refractivity contribution in [1.29, 1.82) is 0 Å². The lowest BCUT2D eigenvalue weighted by Gasteiger charge is -2.43. The molecule has 1 N–H and O–H groups in total. The van der Waals surface area contributed by atoms with Gasteiger partial charge in [0.05, 0.1) is 0 Å². The normalized spacial score (nSPS) is 34.4. The third-order valence-corrected chi connectivity index (χ3v) is 6.76. The topological polar surface area (TPSA) is 15.3 Å². The molecule has 0 aromatic rings. The standard InChI is InChI=1S/C18H32N2/c1-2-10-18(9-1)11-7-17(8-12-18)20(16-5-6-16)14-15-4-3-13-19-15/h15-17,19H,1-14H2. The van der Waals surface area contributed by atoms with Gasteiger partial charge in [-0.1, -0.05) is 12.8 Å². The summed E-state index contributed by atoms with van der Waals surface area (Å²) in [7, 11) is 0. The fourth-order valence-electron chi connectivity index (χ4n) is 5.34. The van der Waals surface area contributed by atoms with Crippen LogP contribution in [0, 0.1) is 5.41 Å². The lowest BCUT2D eigenvalue weighted by molar-refractivity contribution is 0.0796. The SMILES string of the molecule is C1CNC(CN(C2CC2)C2CCC3(CCCC3)CC2)C1. The van der Waals surface area contributed by atoms with E-state index >= 15 is 0 Å². The first-order valence-electron chi connectivity index (χ1n) is 9.34. The average Bonchev–Trinajstić information content (AvgIpc) is 2.99. The maximum Gasteiger partial charge on any atom is 0.0195 e. The van der Waals surface area contributed by atoms with Crippen molar-refractivity contribution in [1.82, 2.24) is 10.2 Å². The van der Waals surface area contributed by atoms with Gasteiger partial charge in [-0.2, -0.15) is 0 Å². The Morgan fingerprint density at radius 1 is 0.800 bits per heavy atom. The number of hydrogen-bond donors (Lipinski definition) is 1. The summed E-state index contributed by atoms with van der Waals surface area (Å²) in [5.74, 6) is 0. The average molecular weight is 276 g/mol. The second-order valence-corrected chi connectivity index (χ2v) is 8.16. The minimum Gasteiger partial charge on any atom is -0.313 e. The Bertz CT molecular complexity index is 314. The van der Waals surface area contributed by atoms with Gasteiger partial charge in [0.25, 0.3) is 0 Å². The molecule has 1 saturated heterocycles. The van der Waals surface area contributed by atoms with Crippen molar-refractivity contribution in [3.63, 3.8) is 0 Å². The molecule has 0 radical (unpaired) electrons. The number of nitrogens with zero attached hydrogens (tertiary/aromatic N) is 1. The molecule has 20 heavy (non-hydrogen) atoms. The first kappa shape index (κ1) is 13.6. The summed E-state index contributed by atoms with van der Waals surface area (Å²) in [5, 5.41) is 3.72. The second-order valence-electron chi connectivity index (χ2n) is 8.16. The molecule has 1 atom stereocenters. The molecule has 3 aliphatic carbocycles. The van der Waals surface area contributed by atoms with E-state index in [9.17, 15) is 0 Å². The van der Waals surface area contributed by atoms with Gasteiger partial charge in [0.2, 0.25) is 0 Å². The highest BCUT2D eigenvalue weighted by Gasteiger charge is 2.42. The number of hydrogen-bond acceptors (Lipinski definition) is 2. The molecule has 4 fully saturated rings. The molecule has 1 heterocycles. The van der Waals surface area contributed by atoms with Crippen LogP contribution in [0.1, 0.15) is 77.0 Å². The van der Waals surface area contributed by atoms with E-state index in [0.717, 1.165) is 23.5 Å². The molecule has 1 aliphatic heterocycles. The quantitative estimate of drug-likeness (QED) is 0.842. The Morgan fingerprint density at radius 3 is 2.10 bits per heavy atom. The molecule has 4 aliphatic rings. The predicted molar refractivity (Wildman–Crippen MR) is 83.9 cm³/mol. The maximum absolute atomic E-state index is 3.72. The van der Waals surface area contributed by atoms with Gasteiger partial charge in [-0.3, -0.25) is 4.90 Å². The van der Waals surface area contributed by atoms with E-state index < -0.39 is 0 Å². The van der Waals surface area contributed by atoms with Crippen LogP contribution in [0.4, 0.5) is 0 Å². The molecule has 0 bridgehead atoms. The van der Waals surface area contributed by atoms with Crippen molar-refractivity contribution in [3.05, 3.63) is 0 Å². The first-order valence-corrected chi connectivity index (χ1v) is 9.34. The first-order chi connectivity index (χ1) is 9.85. The molecule has 1 unspecified atom stereocenters. The van der Waals surface area contributed by atoms with Gasteiger partial charge in [-0.15, -0.1) is 0 Å². The van der Waals surface area contributed by atoms with Crippen molar-refractivity contribution >= 4 is 0 Å². The van der Waals surface area contributed by atoms with Crippen molar-refractivity contribution in [2.75, 3.05) is 13.1 Å². The Hall–Kier alpha value is -0.0800. The third kappa shape index (κ3) is 2.78. The summed E-state index contributed by atoms with van der Waals surface area (Å²) in [6, 6.07) is 2.69. The molecule has 4 rings (SSSR count). The van der Waals surface area contributed by atoms with Crippen LogP contribution in [0.25, 0.3) is 0 Å². The summed E-state index contributed by atoms with van der Waals surface area (Å²) in [6.07, 6.45) is 18.0. The number of nitrogens with one attached hydrogen (secondary N) is 1. The van der Waals surface area contributed by atoms with Crippen LogP contribution in [0.15, 0.2) is 0 Å². The highest BCUT2D eigenvalue weighted by atomic mass is 15.2. The fraction of sp³-hybridized carbons (Fsp3) is 1.00. The maximum atomic E-state index is 3.72. The molecule has 2 heteroatoms. The molecule has 0 aromatic heterocycles. The number of rotatable bonds is 4. The van der Waals surface area contributed by atoms with Gasteiger partial charge in [0.1, 0.15) is 0 Å². The molecule has 3 saturated carbocycles. The van der Waals surface area contributed by atoms with E-state index in [2.05, 4.69) is 10.2 Å². The Labute approximate surface area is 124 Å². The van der Waals surface area contributed by atoms with Crippen molar-refractivity contribution in [2.45, 2.75) is 95.2 Å². The molecule has 2 nitrogen and oxygen atoms in total. The van der Waals surface area contributed by atoms with Crippen LogP contribution in [0.5, 0.6) is 0 Å². The minimum absolute atomic E-state index is 0.803. The van der Waals surface area contributed by atoms with Gasteiger partial charge in [0, 0.05) is 24.7 Å². The van der Waals surface area contributed by atoms with Crippen LogP contribution < -0.4 is 5.32 Å². The van der Waals surface area contributed by atoms with Crippen molar-refractivity contribution in [3.8, 4) is 0 Å². The Kier molecular flexibility index (Phi) is 3.80. The van der Waals surface area contributed by atoms with E-state index in [0.29, 0.717) is 0 Å². The lowest BCUT2D eigenvalue weighted by Crippen LogP contribution is -2.47. The zero-order valence-corrected chi connectivity index (χ0v) is 13.1. The highest BCUT2D eigenvalue weighted by molar-refractivity contribution is 4.97. The van der Waals surface area contributed by atoms with Gasteiger partial charge in [-0.05, 0) is 76.2 Å². The summed E-state index contributed by atoms with van der Waals surface area (Å²) < 4.78 is 0. The van der Waals surface area contributed by atoms with E-state index in [1.54, 1.807) is 25.7 Å². The molecular formula is C18H32N2. The van der Waals surface area contributed by atoms with Crippen LogP contribution in [0.3, 0.4) is 0 Å². The molecular weight excluding hydrogens is 244 g/mol. The van der Waals surface area contributed by atoms with Gasteiger partial charge in [0.15, 0.2) is 0 Å². The van der Waals surface area contributed by atoms with E-state index in [1.165, 1.54) is 64.5 Å². The molecule has 0 aromatic carbocycles.